The van der Waals surface area contributed by atoms with Crippen molar-refractivity contribution in [3.8, 4) is 0 Å². The molecule has 0 bridgehead atoms. The molecule has 0 fully saturated rings. The lowest BCUT2D eigenvalue weighted by Gasteiger charge is -2.23. The van der Waals surface area contributed by atoms with Gasteiger partial charge in [-0.1, -0.05) is 24.3 Å². The van der Waals surface area contributed by atoms with Crippen molar-refractivity contribution in [3.05, 3.63) is 59.2 Å². The largest absolute Gasteiger partial charge is 0.372 e. The first kappa shape index (κ1) is 15.7. The Labute approximate surface area is 147 Å². The minimum atomic E-state index is -0.0165. The second-order valence-corrected chi connectivity index (χ2v) is 6.76. The fourth-order valence-corrected chi connectivity index (χ4v) is 3.69. The Kier molecular flexibility index (Phi) is 3.71. The van der Waals surface area contributed by atoms with Gasteiger partial charge in [0.2, 0.25) is 5.91 Å². The molecule has 0 saturated carbocycles. The first-order valence-corrected chi connectivity index (χ1v) is 8.58. The fourth-order valence-electron chi connectivity index (χ4n) is 3.69. The van der Waals surface area contributed by atoms with Crippen molar-refractivity contribution in [2.75, 3.05) is 23.8 Å². The van der Waals surface area contributed by atoms with Crippen molar-refractivity contribution in [1.29, 1.82) is 0 Å². The van der Waals surface area contributed by atoms with Crippen LogP contribution in [0.4, 0.5) is 11.4 Å². The van der Waals surface area contributed by atoms with Crippen LogP contribution >= 0.6 is 0 Å². The zero-order valence-electron chi connectivity index (χ0n) is 14.5. The molecule has 0 aliphatic carbocycles. The Balaban J connectivity index is 1.65. The Morgan fingerprint density at radius 1 is 1.20 bits per heavy atom. The molecule has 0 saturated heterocycles. The van der Waals surface area contributed by atoms with Crippen LogP contribution in [-0.4, -0.2) is 30.3 Å². The molecule has 1 atom stereocenters. The normalized spacial score (nSPS) is 19.1. The highest BCUT2D eigenvalue weighted by Gasteiger charge is 2.31. The number of carbonyl (C=O) groups excluding carboxylic acids is 2. The van der Waals surface area contributed by atoms with Crippen LogP contribution in [-0.2, 0) is 11.3 Å². The molecule has 1 N–H and O–H groups in total. The van der Waals surface area contributed by atoms with Gasteiger partial charge in [-0.2, -0.15) is 0 Å². The van der Waals surface area contributed by atoms with E-state index in [1.54, 1.807) is 6.07 Å². The van der Waals surface area contributed by atoms with Crippen molar-refractivity contribution < 1.29 is 9.59 Å². The summed E-state index contributed by atoms with van der Waals surface area (Å²) in [5.74, 6) is -0.0233. The molecule has 25 heavy (non-hydrogen) atoms. The van der Waals surface area contributed by atoms with Crippen molar-refractivity contribution in [2.45, 2.75) is 25.9 Å². The lowest BCUT2D eigenvalue weighted by molar-refractivity contribution is -0.115. The van der Waals surface area contributed by atoms with Crippen LogP contribution in [0, 0.1) is 0 Å². The number of rotatable bonds is 1. The van der Waals surface area contributed by atoms with Crippen molar-refractivity contribution in [3.63, 3.8) is 0 Å². The minimum Gasteiger partial charge on any atom is -0.372 e. The quantitative estimate of drug-likeness (QED) is 0.871. The molecule has 5 nitrogen and oxygen atoms in total. The van der Waals surface area contributed by atoms with Gasteiger partial charge in [-0.15, -0.1) is 0 Å². The van der Waals surface area contributed by atoms with E-state index in [0.717, 1.165) is 5.69 Å². The molecule has 2 amide bonds. The predicted molar refractivity (Wildman–Crippen MR) is 97.7 cm³/mol. The SMILES string of the molecule is CC1c2ccccc2CN1C(=O)c1ccc2c(c1)NC(=O)CCN2C. The molecule has 2 heterocycles. The number of amides is 2. The first-order chi connectivity index (χ1) is 12.0. The van der Waals surface area contributed by atoms with Crippen molar-refractivity contribution >= 4 is 23.2 Å². The van der Waals surface area contributed by atoms with Gasteiger partial charge in [0, 0.05) is 32.1 Å². The lowest BCUT2D eigenvalue weighted by Crippen LogP contribution is -2.28. The summed E-state index contributed by atoms with van der Waals surface area (Å²) < 4.78 is 0. The number of nitrogens with zero attached hydrogens (tertiary/aromatic N) is 2. The zero-order valence-corrected chi connectivity index (χ0v) is 14.5. The van der Waals surface area contributed by atoms with E-state index in [1.807, 2.05) is 41.1 Å². The second kappa shape index (κ2) is 5.92. The molecule has 5 heteroatoms. The van der Waals surface area contributed by atoms with E-state index in [9.17, 15) is 9.59 Å². The van der Waals surface area contributed by atoms with E-state index < -0.39 is 0 Å². The number of anilines is 2. The summed E-state index contributed by atoms with van der Waals surface area (Å²) in [4.78, 5) is 28.9. The summed E-state index contributed by atoms with van der Waals surface area (Å²) in [7, 11) is 1.96. The van der Waals surface area contributed by atoms with E-state index in [4.69, 9.17) is 0 Å². The maximum atomic E-state index is 13.1. The predicted octanol–water partition coefficient (Wildman–Crippen LogP) is 3.18. The van der Waals surface area contributed by atoms with Gasteiger partial charge in [0.1, 0.15) is 0 Å². The van der Waals surface area contributed by atoms with Crippen LogP contribution in [0.1, 0.15) is 40.9 Å². The first-order valence-electron chi connectivity index (χ1n) is 8.58. The van der Waals surface area contributed by atoms with Gasteiger partial charge in [0.25, 0.3) is 5.91 Å². The topological polar surface area (TPSA) is 52.7 Å². The number of benzene rings is 2. The third-order valence-corrected chi connectivity index (χ3v) is 5.18. The summed E-state index contributed by atoms with van der Waals surface area (Å²) in [6.45, 7) is 3.35. The summed E-state index contributed by atoms with van der Waals surface area (Å²) in [5, 5.41) is 2.92. The van der Waals surface area contributed by atoms with Gasteiger partial charge < -0.3 is 15.1 Å². The Hall–Kier alpha value is -2.82. The van der Waals surface area contributed by atoms with Crippen LogP contribution in [0.25, 0.3) is 0 Å². The molecule has 0 aromatic heterocycles. The van der Waals surface area contributed by atoms with Crippen molar-refractivity contribution in [1.82, 2.24) is 4.90 Å². The Morgan fingerprint density at radius 2 is 2.00 bits per heavy atom. The van der Waals surface area contributed by atoms with Gasteiger partial charge in [0.05, 0.1) is 17.4 Å². The van der Waals surface area contributed by atoms with Crippen LogP contribution in [0.3, 0.4) is 0 Å². The average Bonchev–Trinajstić information content (AvgIpc) is 2.88. The highest BCUT2D eigenvalue weighted by molar-refractivity contribution is 6.01. The molecule has 0 spiro atoms. The molecule has 2 aromatic carbocycles. The van der Waals surface area contributed by atoms with Gasteiger partial charge in [-0.25, -0.2) is 0 Å². The lowest BCUT2D eigenvalue weighted by atomic mass is 10.1. The van der Waals surface area contributed by atoms with Crippen LogP contribution in [0.2, 0.25) is 0 Å². The molecule has 2 aliphatic rings. The molecule has 1 unspecified atom stereocenters. The van der Waals surface area contributed by atoms with Gasteiger partial charge in [0.15, 0.2) is 0 Å². The number of nitrogens with one attached hydrogen (secondary N) is 1. The second-order valence-electron chi connectivity index (χ2n) is 6.76. The molecular formula is C20H21N3O2. The van der Waals surface area contributed by atoms with E-state index in [-0.39, 0.29) is 17.9 Å². The number of carbonyl (C=O) groups is 2. The van der Waals surface area contributed by atoms with Gasteiger partial charge in [-0.3, -0.25) is 9.59 Å². The third kappa shape index (κ3) is 2.65. The number of hydrogen-bond acceptors (Lipinski definition) is 3. The fraction of sp³-hybridized carbons (Fsp3) is 0.300. The Bertz CT molecular complexity index is 862. The van der Waals surface area contributed by atoms with Gasteiger partial charge in [-0.05, 0) is 36.2 Å². The molecule has 2 aliphatic heterocycles. The third-order valence-electron chi connectivity index (χ3n) is 5.18. The Morgan fingerprint density at radius 3 is 2.80 bits per heavy atom. The molecule has 4 rings (SSSR count). The summed E-state index contributed by atoms with van der Waals surface area (Å²) >= 11 is 0. The molecule has 0 radical (unpaired) electrons. The highest BCUT2D eigenvalue weighted by Crippen LogP contribution is 2.35. The van der Waals surface area contributed by atoms with Gasteiger partial charge >= 0.3 is 0 Å². The van der Waals surface area contributed by atoms with Crippen molar-refractivity contribution in [2.24, 2.45) is 0 Å². The molecule has 128 valence electrons. The van der Waals surface area contributed by atoms with E-state index in [1.165, 1.54) is 11.1 Å². The smallest absolute Gasteiger partial charge is 0.254 e. The monoisotopic (exact) mass is 335 g/mol. The summed E-state index contributed by atoms with van der Waals surface area (Å²) in [6.07, 6.45) is 0.451. The highest BCUT2D eigenvalue weighted by atomic mass is 16.2. The minimum absolute atomic E-state index is 0.00681. The van der Waals surface area contributed by atoms with Crippen LogP contribution in [0.15, 0.2) is 42.5 Å². The molecular weight excluding hydrogens is 314 g/mol. The van der Waals surface area contributed by atoms with Crippen LogP contribution < -0.4 is 10.2 Å². The number of fused-ring (bicyclic) bond motifs is 2. The van der Waals surface area contributed by atoms with E-state index >= 15 is 0 Å². The maximum absolute atomic E-state index is 13.1. The summed E-state index contributed by atoms with van der Waals surface area (Å²) in [6, 6.07) is 13.8. The van der Waals surface area contributed by atoms with E-state index in [0.29, 0.717) is 30.8 Å². The number of hydrogen-bond donors (Lipinski definition) is 1. The average molecular weight is 335 g/mol. The standard InChI is InChI=1S/C20H21N3O2/c1-13-16-6-4-3-5-15(16)12-23(13)20(25)14-7-8-18-17(11-14)21-19(24)9-10-22(18)2/h3-8,11,13H,9-10,12H2,1-2H3,(H,21,24). The van der Waals surface area contributed by atoms with Crippen LogP contribution in [0.5, 0.6) is 0 Å². The maximum Gasteiger partial charge on any atom is 0.254 e. The van der Waals surface area contributed by atoms with E-state index in [2.05, 4.69) is 24.4 Å². The summed E-state index contributed by atoms with van der Waals surface area (Å²) in [5.41, 5.74) is 4.67. The zero-order chi connectivity index (χ0) is 17.6. The molecule has 2 aromatic rings.